The molecule has 4 aromatic rings. The lowest BCUT2D eigenvalue weighted by molar-refractivity contribution is -0.141. The van der Waals surface area contributed by atoms with Crippen molar-refractivity contribution in [1.82, 2.24) is 29.9 Å². The van der Waals surface area contributed by atoms with Crippen molar-refractivity contribution in [3.8, 4) is 11.3 Å². The van der Waals surface area contributed by atoms with Gasteiger partial charge >= 0.3 is 6.18 Å². The van der Waals surface area contributed by atoms with Crippen molar-refractivity contribution < 1.29 is 22.7 Å². The number of ether oxygens (including phenoxy) is 1. The minimum absolute atomic E-state index is 0.161. The summed E-state index contributed by atoms with van der Waals surface area (Å²) in [6, 6.07) is 8.35. The van der Waals surface area contributed by atoms with Crippen LogP contribution >= 0.6 is 0 Å². The third-order valence-corrected chi connectivity index (χ3v) is 5.79. The molecule has 0 saturated carbocycles. The Morgan fingerprint density at radius 3 is 2.72 bits per heavy atom. The second-order valence-electron chi connectivity index (χ2n) is 7.89. The van der Waals surface area contributed by atoms with E-state index < -0.39 is 11.9 Å². The van der Waals surface area contributed by atoms with Crippen molar-refractivity contribution in [1.29, 1.82) is 0 Å². The summed E-state index contributed by atoms with van der Waals surface area (Å²) in [5.74, 6) is 0.806. The average Bonchev–Trinajstić information content (AvgIpc) is 3.35. The topological polar surface area (TPSA) is 98.6 Å². The van der Waals surface area contributed by atoms with E-state index in [-0.39, 0.29) is 28.3 Å². The number of halogens is 3. The standard InChI is InChI=1S/C21H17F3N6O2/c1-30-11-25-27-17(30)7-20(9-32-10-20)13-4-2-3-12(5-13)18-14-6-16(21(22,23)24)26-15(8-31)19(14)29-28-18/h2-6,8,11H,7,9-10H2,1H3,(H,28,29). The number of carbonyl (C=O) groups is 1. The monoisotopic (exact) mass is 442 g/mol. The summed E-state index contributed by atoms with van der Waals surface area (Å²) in [5, 5.41) is 15.1. The summed E-state index contributed by atoms with van der Waals surface area (Å²) in [6.07, 6.45) is -2.17. The first kappa shape index (κ1) is 20.3. The number of rotatable bonds is 5. The number of alkyl halides is 3. The van der Waals surface area contributed by atoms with E-state index in [1.54, 1.807) is 12.4 Å². The molecule has 1 saturated heterocycles. The van der Waals surface area contributed by atoms with Crippen LogP contribution in [0.25, 0.3) is 22.2 Å². The Balaban J connectivity index is 1.60. The Labute approximate surface area is 179 Å². The van der Waals surface area contributed by atoms with E-state index in [2.05, 4.69) is 25.4 Å². The van der Waals surface area contributed by atoms with E-state index >= 15 is 0 Å². The Hall–Kier alpha value is -3.60. The quantitative estimate of drug-likeness (QED) is 0.477. The summed E-state index contributed by atoms with van der Waals surface area (Å²) < 4.78 is 47.3. The maximum absolute atomic E-state index is 13.3. The second-order valence-corrected chi connectivity index (χ2v) is 7.89. The van der Waals surface area contributed by atoms with Crippen LogP contribution in [0.2, 0.25) is 0 Å². The molecule has 32 heavy (non-hydrogen) atoms. The molecule has 0 unspecified atom stereocenters. The third-order valence-electron chi connectivity index (χ3n) is 5.79. The first-order valence-electron chi connectivity index (χ1n) is 9.74. The molecule has 1 N–H and O–H groups in total. The smallest absolute Gasteiger partial charge is 0.379 e. The molecule has 1 aliphatic rings. The van der Waals surface area contributed by atoms with E-state index in [0.29, 0.717) is 30.9 Å². The second kappa shape index (κ2) is 7.23. The highest BCUT2D eigenvalue weighted by molar-refractivity contribution is 6.00. The number of pyridine rings is 1. The van der Waals surface area contributed by atoms with Gasteiger partial charge in [0.1, 0.15) is 29.2 Å². The van der Waals surface area contributed by atoms with Crippen LogP contribution in [-0.4, -0.2) is 49.4 Å². The van der Waals surface area contributed by atoms with Crippen molar-refractivity contribution in [3.63, 3.8) is 0 Å². The molecular formula is C21H17F3N6O2. The average molecular weight is 442 g/mol. The Kier molecular flexibility index (Phi) is 4.59. The summed E-state index contributed by atoms with van der Waals surface area (Å²) in [5.41, 5.74) is 0.250. The van der Waals surface area contributed by atoms with Crippen LogP contribution in [-0.2, 0) is 29.8 Å². The molecule has 4 heterocycles. The molecule has 0 atom stereocenters. The fourth-order valence-corrected chi connectivity index (χ4v) is 3.98. The zero-order valence-corrected chi connectivity index (χ0v) is 16.8. The number of benzene rings is 1. The van der Waals surface area contributed by atoms with Crippen LogP contribution < -0.4 is 0 Å². The third kappa shape index (κ3) is 3.25. The SMILES string of the molecule is Cn1cnnc1CC1(c2cccc(-c3n[nH]c4c(C=O)nc(C(F)(F)F)cc34)c2)COC1. The van der Waals surface area contributed by atoms with E-state index in [9.17, 15) is 18.0 Å². The van der Waals surface area contributed by atoms with Crippen LogP contribution in [0.1, 0.15) is 27.6 Å². The lowest BCUT2D eigenvalue weighted by Gasteiger charge is -2.41. The fourth-order valence-electron chi connectivity index (χ4n) is 3.98. The first-order chi connectivity index (χ1) is 15.3. The van der Waals surface area contributed by atoms with Gasteiger partial charge in [-0.25, -0.2) is 4.98 Å². The van der Waals surface area contributed by atoms with Crippen molar-refractivity contribution in [2.45, 2.75) is 18.0 Å². The molecule has 8 nitrogen and oxygen atoms in total. The minimum atomic E-state index is -4.69. The number of nitrogens with one attached hydrogen (secondary N) is 1. The van der Waals surface area contributed by atoms with Crippen LogP contribution in [0.5, 0.6) is 0 Å². The first-order valence-corrected chi connectivity index (χ1v) is 9.74. The number of aryl methyl sites for hydroxylation is 1. The molecule has 3 aromatic heterocycles. The maximum Gasteiger partial charge on any atom is 0.433 e. The number of H-pyrrole nitrogens is 1. The minimum Gasteiger partial charge on any atom is -0.379 e. The lowest BCUT2D eigenvalue weighted by Crippen LogP contribution is -2.49. The Morgan fingerprint density at radius 1 is 1.28 bits per heavy atom. The number of nitrogens with zero attached hydrogens (tertiary/aromatic N) is 5. The number of aromatic amines is 1. The van der Waals surface area contributed by atoms with Gasteiger partial charge in [-0.05, 0) is 17.7 Å². The maximum atomic E-state index is 13.3. The van der Waals surface area contributed by atoms with Crippen molar-refractivity contribution in [2.24, 2.45) is 7.05 Å². The van der Waals surface area contributed by atoms with Crippen molar-refractivity contribution in [3.05, 3.63) is 59.4 Å². The largest absolute Gasteiger partial charge is 0.433 e. The molecule has 0 radical (unpaired) electrons. The van der Waals surface area contributed by atoms with Crippen LogP contribution in [0.4, 0.5) is 13.2 Å². The summed E-state index contributed by atoms with van der Waals surface area (Å²) >= 11 is 0. The van der Waals surface area contributed by atoms with Gasteiger partial charge in [-0.2, -0.15) is 18.3 Å². The molecule has 1 aromatic carbocycles. The predicted molar refractivity (Wildman–Crippen MR) is 107 cm³/mol. The van der Waals surface area contributed by atoms with Gasteiger partial charge in [0.15, 0.2) is 6.29 Å². The zero-order chi connectivity index (χ0) is 22.5. The molecular weight excluding hydrogens is 425 g/mol. The van der Waals surface area contributed by atoms with Gasteiger partial charge < -0.3 is 9.30 Å². The van der Waals surface area contributed by atoms with Crippen LogP contribution in [0, 0.1) is 0 Å². The van der Waals surface area contributed by atoms with E-state index in [1.807, 2.05) is 29.8 Å². The van der Waals surface area contributed by atoms with Gasteiger partial charge in [-0.1, -0.05) is 18.2 Å². The van der Waals surface area contributed by atoms with Gasteiger partial charge in [0, 0.05) is 29.8 Å². The number of aromatic nitrogens is 6. The molecule has 0 bridgehead atoms. The van der Waals surface area contributed by atoms with E-state index in [1.165, 1.54) is 0 Å². The van der Waals surface area contributed by atoms with Crippen molar-refractivity contribution in [2.75, 3.05) is 13.2 Å². The van der Waals surface area contributed by atoms with Gasteiger partial charge in [0.25, 0.3) is 0 Å². The summed E-state index contributed by atoms with van der Waals surface area (Å²) in [7, 11) is 1.87. The molecule has 164 valence electrons. The Morgan fingerprint density at radius 2 is 2.09 bits per heavy atom. The number of aldehydes is 1. The van der Waals surface area contributed by atoms with Crippen molar-refractivity contribution >= 4 is 17.2 Å². The molecule has 11 heteroatoms. The predicted octanol–water partition coefficient (Wildman–Crippen LogP) is 3.10. The van der Waals surface area contributed by atoms with Gasteiger partial charge in [-0.3, -0.25) is 9.89 Å². The number of hydrogen-bond acceptors (Lipinski definition) is 6. The highest BCUT2D eigenvalue weighted by Crippen LogP contribution is 2.39. The lowest BCUT2D eigenvalue weighted by atomic mass is 9.75. The number of carbonyl (C=O) groups excluding carboxylic acids is 1. The molecule has 0 spiro atoms. The molecule has 1 fully saturated rings. The normalized spacial score (nSPS) is 15.6. The summed E-state index contributed by atoms with van der Waals surface area (Å²) in [4.78, 5) is 14.8. The molecule has 0 aliphatic carbocycles. The highest BCUT2D eigenvalue weighted by Gasteiger charge is 2.42. The van der Waals surface area contributed by atoms with Gasteiger partial charge in [0.2, 0.25) is 0 Å². The number of hydrogen-bond donors (Lipinski definition) is 1. The molecule has 0 amide bonds. The van der Waals surface area contributed by atoms with Crippen LogP contribution in [0.3, 0.4) is 0 Å². The van der Waals surface area contributed by atoms with E-state index in [0.717, 1.165) is 17.5 Å². The summed E-state index contributed by atoms with van der Waals surface area (Å²) in [6.45, 7) is 0.976. The Bertz CT molecular complexity index is 1320. The van der Waals surface area contributed by atoms with Gasteiger partial charge in [-0.15, -0.1) is 10.2 Å². The fraction of sp³-hybridized carbons (Fsp3) is 0.286. The zero-order valence-electron chi connectivity index (χ0n) is 16.8. The highest BCUT2D eigenvalue weighted by atomic mass is 19.4. The van der Waals surface area contributed by atoms with E-state index in [4.69, 9.17) is 4.74 Å². The van der Waals surface area contributed by atoms with Crippen LogP contribution in [0.15, 0.2) is 36.7 Å². The van der Waals surface area contributed by atoms with Gasteiger partial charge in [0.05, 0.1) is 18.7 Å². The molecule has 5 rings (SSSR count). The number of fused-ring (bicyclic) bond motifs is 1. The molecule has 1 aliphatic heterocycles.